The van der Waals surface area contributed by atoms with E-state index in [4.69, 9.17) is 4.74 Å². The fraction of sp³-hybridized carbons (Fsp3) is 0.0714. The first-order valence-corrected chi connectivity index (χ1v) is 7.41. The molecule has 0 spiro atoms. The highest BCUT2D eigenvalue weighted by Gasteiger charge is 2.09. The molecule has 0 aliphatic carbocycles. The van der Waals surface area contributed by atoms with E-state index in [1.54, 1.807) is 24.5 Å². The average Bonchev–Trinajstić information content (AvgIpc) is 3.09. The predicted octanol–water partition coefficient (Wildman–Crippen LogP) is 2.37. The van der Waals surface area contributed by atoms with Crippen LogP contribution in [0.3, 0.4) is 0 Å². The lowest BCUT2D eigenvalue weighted by atomic mass is 10.3. The topological polar surface area (TPSA) is 94.8 Å². The van der Waals surface area contributed by atoms with Crippen molar-refractivity contribution in [2.75, 3.05) is 5.32 Å². The molecule has 23 heavy (non-hydrogen) atoms. The number of tetrazole rings is 1. The first-order valence-electron chi connectivity index (χ1n) is 6.64. The van der Waals surface area contributed by atoms with Crippen LogP contribution in [0.25, 0.3) is 0 Å². The van der Waals surface area contributed by atoms with E-state index in [9.17, 15) is 4.79 Å². The second-order valence-electron chi connectivity index (χ2n) is 4.36. The second kappa shape index (κ2) is 7.36. The molecule has 2 heterocycles. The first kappa shape index (κ1) is 15.0. The van der Waals surface area contributed by atoms with Crippen LogP contribution in [0.15, 0.2) is 60.0 Å². The highest BCUT2D eigenvalue weighted by molar-refractivity contribution is 7.97. The molecule has 3 rings (SSSR count). The number of ether oxygens (including phenoxy) is 1. The van der Waals surface area contributed by atoms with E-state index in [1.807, 2.05) is 24.3 Å². The third kappa shape index (κ3) is 4.27. The van der Waals surface area contributed by atoms with Gasteiger partial charge in [-0.3, -0.25) is 10.3 Å². The summed E-state index contributed by atoms with van der Waals surface area (Å²) in [6.07, 6.45) is 4.24. The number of carbonyl (C=O) groups is 1. The van der Waals surface area contributed by atoms with Crippen molar-refractivity contribution in [1.29, 1.82) is 0 Å². The maximum atomic E-state index is 11.9. The summed E-state index contributed by atoms with van der Waals surface area (Å²) in [7, 11) is 0. The fourth-order valence-electron chi connectivity index (χ4n) is 1.72. The van der Waals surface area contributed by atoms with Crippen LogP contribution < -0.4 is 5.32 Å². The Bertz CT molecular complexity index is 766. The molecule has 9 heteroatoms. The van der Waals surface area contributed by atoms with Gasteiger partial charge in [0.25, 0.3) is 0 Å². The summed E-state index contributed by atoms with van der Waals surface area (Å²) in [4.78, 5) is 16.7. The normalized spacial score (nSPS) is 10.3. The lowest BCUT2D eigenvalue weighted by Crippen LogP contribution is -2.14. The molecule has 0 unspecified atom stereocenters. The number of amides is 1. The third-order valence-corrected chi connectivity index (χ3v) is 3.65. The van der Waals surface area contributed by atoms with Crippen molar-refractivity contribution in [1.82, 2.24) is 24.6 Å². The molecule has 1 N–H and O–H groups in total. The molecule has 0 atom stereocenters. The zero-order valence-electron chi connectivity index (χ0n) is 11.9. The van der Waals surface area contributed by atoms with Crippen molar-refractivity contribution >= 4 is 23.7 Å². The van der Waals surface area contributed by atoms with E-state index in [-0.39, 0.29) is 6.61 Å². The molecule has 0 aliphatic heterocycles. The van der Waals surface area contributed by atoms with Gasteiger partial charge in [0.05, 0.1) is 10.6 Å². The second-order valence-corrected chi connectivity index (χ2v) is 5.36. The molecule has 0 saturated carbocycles. The first-order chi connectivity index (χ1) is 11.3. The zero-order valence-corrected chi connectivity index (χ0v) is 12.7. The number of aromatic nitrogens is 5. The van der Waals surface area contributed by atoms with Crippen molar-refractivity contribution < 1.29 is 9.53 Å². The number of para-hydroxylation sites is 1. The van der Waals surface area contributed by atoms with Crippen molar-refractivity contribution in [3.8, 4) is 0 Å². The Balaban J connectivity index is 1.62. The van der Waals surface area contributed by atoms with Gasteiger partial charge in [-0.25, -0.2) is 4.79 Å². The molecule has 2 aromatic heterocycles. The van der Waals surface area contributed by atoms with Crippen LogP contribution in [0.2, 0.25) is 0 Å². The Kier molecular flexibility index (Phi) is 4.79. The van der Waals surface area contributed by atoms with Gasteiger partial charge in [-0.2, -0.15) is 4.09 Å². The highest BCUT2D eigenvalue weighted by atomic mass is 32.2. The van der Waals surface area contributed by atoms with Gasteiger partial charge in [0.15, 0.2) is 6.33 Å². The average molecular weight is 328 g/mol. The molecule has 0 bridgehead atoms. The minimum Gasteiger partial charge on any atom is -0.444 e. The van der Waals surface area contributed by atoms with Gasteiger partial charge < -0.3 is 4.74 Å². The van der Waals surface area contributed by atoms with Crippen LogP contribution in [0, 0.1) is 0 Å². The highest BCUT2D eigenvalue weighted by Crippen LogP contribution is 2.27. The number of carbonyl (C=O) groups excluding carboxylic acids is 1. The molecular formula is C14H12N6O2S. The van der Waals surface area contributed by atoms with E-state index in [2.05, 4.69) is 25.8 Å². The number of hydrogen-bond acceptors (Lipinski definition) is 7. The van der Waals surface area contributed by atoms with Gasteiger partial charge in [-0.15, -0.1) is 5.10 Å². The summed E-state index contributed by atoms with van der Waals surface area (Å²) in [5.41, 5.74) is 1.43. The van der Waals surface area contributed by atoms with Crippen LogP contribution in [0.5, 0.6) is 0 Å². The van der Waals surface area contributed by atoms with Crippen LogP contribution in [-0.2, 0) is 11.3 Å². The Hall–Kier alpha value is -2.94. The summed E-state index contributed by atoms with van der Waals surface area (Å²) in [5, 5.41) is 13.6. The maximum Gasteiger partial charge on any atom is 0.411 e. The third-order valence-electron chi connectivity index (χ3n) is 2.74. The Morgan fingerprint density at radius 1 is 1.26 bits per heavy atom. The zero-order chi connectivity index (χ0) is 15.9. The number of anilines is 1. The lowest BCUT2D eigenvalue weighted by molar-refractivity contribution is 0.155. The molecule has 116 valence electrons. The summed E-state index contributed by atoms with van der Waals surface area (Å²) in [6.45, 7) is 0.155. The van der Waals surface area contributed by atoms with Gasteiger partial charge in [-0.05, 0) is 28.6 Å². The van der Waals surface area contributed by atoms with Gasteiger partial charge >= 0.3 is 6.09 Å². The number of rotatable bonds is 5. The van der Waals surface area contributed by atoms with E-state index in [0.29, 0.717) is 5.69 Å². The maximum absolute atomic E-state index is 11.9. The summed E-state index contributed by atoms with van der Waals surface area (Å²) in [5.74, 6) is 0. The van der Waals surface area contributed by atoms with Crippen molar-refractivity contribution in [3.05, 3.63) is 60.7 Å². The molecule has 8 nitrogen and oxygen atoms in total. The smallest absolute Gasteiger partial charge is 0.411 e. The molecule has 1 aromatic carbocycles. The minimum absolute atomic E-state index is 0.155. The number of pyridine rings is 1. The van der Waals surface area contributed by atoms with E-state index >= 15 is 0 Å². The van der Waals surface area contributed by atoms with E-state index < -0.39 is 6.09 Å². The number of nitrogens with one attached hydrogen (secondary N) is 1. The minimum atomic E-state index is -0.543. The molecular weight excluding hydrogens is 316 g/mol. The SMILES string of the molecule is O=C(Nc1ccccc1Sn1cnnn1)OCc1cccnc1. The van der Waals surface area contributed by atoms with Crippen LogP contribution >= 0.6 is 11.9 Å². The molecule has 0 aliphatic rings. The van der Waals surface area contributed by atoms with E-state index in [1.165, 1.54) is 22.4 Å². The fourth-order valence-corrected chi connectivity index (χ4v) is 2.44. The Labute approximate surface area is 136 Å². The standard InChI is InChI=1S/C14H12N6O2S/c21-14(22-9-11-4-3-7-15-8-11)17-12-5-1-2-6-13(12)23-20-10-16-18-19-20/h1-8,10H,9H2,(H,17,21). The van der Waals surface area contributed by atoms with Crippen LogP contribution in [0.1, 0.15) is 5.56 Å². The number of hydrogen-bond donors (Lipinski definition) is 1. The number of nitrogens with zero attached hydrogens (tertiary/aromatic N) is 5. The molecule has 0 saturated heterocycles. The summed E-state index contributed by atoms with van der Waals surface area (Å²) in [6, 6.07) is 10.9. The van der Waals surface area contributed by atoms with Gasteiger partial charge in [0, 0.05) is 29.9 Å². The Morgan fingerprint density at radius 2 is 2.17 bits per heavy atom. The van der Waals surface area contributed by atoms with Crippen molar-refractivity contribution in [3.63, 3.8) is 0 Å². The van der Waals surface area contributed by atoms with Gasteiger partial charge in [0.1, 0.15) is 6.61 Å². The Morgan fingerprint density at radius 3 is 2.96 bits per heavy atom. The number of benzene rings is 1. The predicted molar refractivity (Wildman–Crippen MR) is 83.6 cm³/mol. The molecule has 3 aromatic rings. The van der Waals surface area contributed by atoms with Crippen molar-refractivity contribution in [2.24, 2.45) is 0 Å². The largest absolute Gasteiger partial charge is 0.444 e. The van der Waals surface area contributed by atoms with E-state index in [0.717, 1.165) is 10.5 Å². The monoisotopic (exact) mass is 328 g/mol. The quantitative estimate of drug-likeness (QED) is 0.768. The molecule has 0 fully saturated rings. The van der Waals surface area contributed by atoms with Gasteiger partial charge in [0.2, 0.25) is 0 Å². The van der Waals surface area contributed by atoms with Crippen molar-refractivity contribution in [2.45, 2.75) is 11.5 Å². The molecule has 1 amide bonds. The van der Waals surface area contributed by atoms with Crippen LogP contribution in [0.4, 0.5) is 10.5 Å². The van der Waals surface area contributed by atoms with Crippen LogP contribution in [-0.4, -0.2) is 30.7 Å². The summed E-state index contributed by atoms with van der Waals surface area (Å²) >= 11 is 1.28. The van der Waals surface area contributed by atoms with Gasteiger partial charge in [-0.1, -0.05) is 18.2 Å². The molecule has 0 radical (unpaired) electrons. The summed E-state index contributed by atoms with van der Waals surface area (Å²) < 4.78 is 6.66. The lowest BCUT2D eigenvalue weighted by Gasteiger charge is -2.10.